The van der Waals surface area contributed by atoms with Crippen LogP contribution in [0.1, 0.15) is 25.2 Å². The van der Waals surface area contributed by atoms with Gasteiger partial charge in [-0.2, -0.15) is 0 Å². The van der Waals surface area contributed by atoms with Crippen molar-refractivity contribution in [3.8, 4) is 5.75 Å². The van der Waals surface area contributed by atoms with Crippen LogP contribution in [-0.4, -0.2) is 33.0 Å². The lowest BCUT2D eigenvalue weighted by atomic mass is 10.1. The van der Waals surface area contributed by atoms with E-state index in [0.717, 1.165) is 33.6 Å². The van der Waals surface area contributed by atoms with Gasteiger partial charge in [0.25, 0.3) is 0 Å². The highest BCUT2D eigenvalue weighted by atomic mass is 16.7. The van der Waals surface area contributed by atoms with Crippen molar-refractivity contribution in [3.63, 3.8) is 0 Å². The molecule has 0 spiro atoms. The minimum Gasteiger partial charge on any atom is -0.489 e. The number of ether oxygens (including phenoxy) is 3. The minimum absolute atomic E-state index is 0.0518. The number of nitrogen functional groups attached to an aromatic ring is 1. The third kappa shape index (κ3) is 3.82. The van der Waals surface area contributed by atoms with Crippen LogP contribution >= 0.6 is 0 Å². The second-order valence-corrected chi connectivity index (χ2v) is 8.37. The van der Waals surface area contributed by atoms with Crippen molar-refractivity contribution < 1.29 is 14.2 Å². The lowest BCUT2D eigenvalue weighted by Crippen LogP contribution is -2.24. The molecular formula is C24H26N4O3. The molecule has 1 fully saturated rings. The molecule has 1 atom stereocenters. The zero-order chi connectivity index (χ0) is 21.6. The molecule has 1 saturated heterocycles. The van der Waals surface area contributed by atoms with Crippen LogP contribution in [-0.2, 0) is 22.6 Å². The Hall–Kier alpha value is -3.16. The first kappa shape index (κ1) is 19.8. The van der Waals surface area contributed by atoms with Gasteiger partial charge < -0.3 is 24.5 Å². The Balaban J connectivity index is 1.51. The Morgan fingerprint density at radius 2 is 1.97 bits per heavy atom. The summed E-state index contributed by atoms with van der Waals surface area (Å²) in [6, 6.07) is 16.0. The maximum Gasteiger partial charge on any atom is 0.163 e. The van der Waals surface area contributed by atoms with Crippen molar-refractivity contribution in [3.05, 3.63) is 59.9 Å². The first-order valence-corrected chi connectivity index (χ1v) is 10.4. The van der Waals surface area contributed by atoms with Gasteiger partial charge in [0.2, 0.25) is 0 Å². The van der Waals surface area contributed by atoms with E-state index >= 15 is 0 Å². The molecule has 1 aliphatic heterocycles. The number of pyridine rings is 1. The molecule has 7 nitrogen and oxygen atoms in total. The van der Waals surface area contributed by atoms with Crippen LogP contribution in [0.15, 0.2) is 48.5 Å². The third-order valence-electron chi connectivity index (χ3n) is 5.57. The first-order valence-electron chi connectivity index (χ1n) is 10.4. The van der Waals surface area contributed by atoms with Crippen LogP contribution in [0.25, 0.3) is 21.9 Å². The second-order valence-electron chi connectivity index (χ2n) is 8.37. The number of aromatic nitrogens is 3. The number of benzene rings is 2. The SMILES string of the molecule is Cc1nc2c(N)nc3cc(OCc4ccccc4)ccc3c2n1CC1COC(C)(C)O1. The highest BCUT2D eigenvalue weighted by Gasteiger charge is 2.33. The molecule has 2 aromatic carbocycles. The third-order valence-corrected chi connectivity index (χ3v) is 5.57. The van der Waals surface area contributed by atoms with Gasteiger partial charge in [0.05, 0.1) is 24.2 Å². The molecule has 0 amide bonds. The van der Waals surface area contributed by atoms with Gasteiger partial charge in [-0.05, 0) is 38.5 Å². The lowest BCUT2D eigenvalue weighted by molar-refractivity contribution is -0.139. The van der Waals surface area contributed by atoms with Gasteiger partial charge in [-0.3, -0.25) is 0 Å². The molecule has 2 N–H and O–H groups in total. The fourth-order valence-electron chi connectivity index (χ4n) is 4.11. The predicted octanol–water partition coefficient (Wildman–Crippen LogP) is 4.21. The first-order chi connectivity index (χ1) is 14.9. The Morgan fingerprint density at radius 1 is 1.16 bits per heavy atom. The Kier molecular flexibility index (Phi) is 4.79. The minimum atomic E-state index is -0.567. The van der Waals surface area contributed by atoms with Crippen LogP contribution in [0, 0.1) is 6.92 Å². The smallest absolute Gasteiger partial charge is 0.163 e. The molecule has 31 heavy (non-hydrogen) atoms. The van der Waals surface area contributed by atoms with Crippen LogP contribution in [0.3, 0.4) is 0 Å². The predicted molar refractivity (Wildman–Crippen MR) is 120 cm³/mol. The van der Waals surface area contributed by atoms with Gasteiger partial charge in [0.15, 0.2) is 11.6 Å². The molecule has 2 aromatic heterocycles. The molecule has 1 unspecified atom stereocenters. The number of hydrogen-bond acceptors (Lipinski definition) is 6. The molecule has 0 saturated carbocycles. The summed E-state index contributed by atoms with van der Waals surface area (Å²) < 4.78 is 19.9. The van der Waals surface area contributed by atoms with Gasteiger partial charge >= 0.3 is 0 Å². The number of rotatable bonds is 5. The molecule has 160 valence electrons. The summed E-state index contributed by atoms with van der Waals surface area (Å²) in [5, 5.41) is 0.982. The molecule has 0 radical (unpaired) electrons. The largest absolute Gasteiger partial charge is 0.489 e. The van der Waals surface area contributed by atoms with Crippen molar-refractivity contribution in [1.82, 2.24) is 14.5 Å². The monoisotopic (exact) mass is 418 g/mol. The number of hydrogen-bond donors (Lipinski definition) is 1. The average molecular weight is 418 g/mol. The van der Waals surface area contributed by atoms with Crippen molar-refractivity contribution in [2.45, 2.75) is 45.8 Å². The summed E-state index contributed by atoms with van der Waals surface area (Å²) in [4.78, 5) is 9.28. The van der Waals surface area contributed by atoms with Gasteiger partial charge in [-0.15, -0.1) is 0 Å². The van der Waals surface area contributed by atoms with Crippen molar-refractivity contribution in [2.75, 3.05) is 12.3 Å². The topological polar surface area (TPSA) is 84.4 Å². The summed E-state index contributed by atoms with van der Waals surface area (Å²) in [7, 11) is 0. The second kappa shape index (κ2) is 7.51. The zero-order valence-electron chi connectivity index (χ0n) is 18.0. The number of imidazole rings is 1. The molecule has 1 aliphatic rings. The van der Waals surface area contributed by atoms with Gasteiger partial charge in [0, 0.05) is 11.5 Å². The van der Waals surface area contributed by atoms with Gasteiger partial charge in [-0.1, -0.05) is 30.3 Å². The number of fused-ring (bicyclic) bond motifs is 3. The number of nitrogens with zero attached hydrogens (tertiary/aromatic N) is 3. The molecular weight excluding hydrogens is 392 g/mol. The van der Waals surface area contributed by atoms with E-state index in [1.165, 1.54) is 0 Å². The maximum absolute atomic E-state index is 6.29. The van der Waals surface area contributed by atoms with E-state index in [9.17, 15) is 0 Å². The normalized spacial score (nSPS) is 18.1. The van der Waals surface area contributed by atoms with Gasteiger partial charge in [-0.25, -0.2) is 9.97 Å². The molecule has 0 bridgehead atoms. The number of aryl methyl sites for hydroxylation is 1. The highest BCUT2D eigenvalue weighted by Crippen LogP contribution is 2.32. The van der Waals surface area contributed by atoms with E-state index in [1.54, 1.807) is 0 Å². The van der Waals surface area contributed by atoms with Crippen molar-refractivity contribution in [2.24, 2.45) is 0 Å². The van der Waals surface area contributed by atoms with Gasteiger partial charge in [0.1, 0.15) is 29.8 Å². The summed E-state index contributed by atoms with van der Waals surface area (Å²) in [5.41, 5.74) is 9.85. The van der Waals surface area contributed by atoms with E-state index in [-0.39, 0.29) is 6.10 Å². The van der Waals surface area contributed by atoms with E-state index < -0.39 is 5.79 Å². The van der Waals surface area contributed by atoms with Crippen LogP contribution in [0.4, 0.5) is 5.82 Å². The Labute approximate surface area is 180 Å². The number of nitrogens with two attached hydrogens (primary N) is 1. The van der Waals surface area contributed by atoms with Crippen molar-refractivity contribution in [1.29, 1.82) is 0 Å². The summed E-state index contributed by atoms with van der Waals surface area (Å²) in [5.74, 6) is 1.46. The molecule has 7 heteroatoms. The Bertz CT molecular complexity index is 1250. The molecule has 4 aromatic rings. The van der Waals surface area contributed by atoms with Crippen molar-refractivity contribution >= 4 is 27.8 Å². The summed E-state index contributed by atoms with van der Waals surface area (Å²) in [6.07, 6.45) is -0.0518. The fraction of sp³-hybridized carbons (Fsp3) is 0.333. The average Bonchev–Trinajstić information content (AvgIpc) is 3.26. The van der Waals surface area contributed by atoms with E-state index in [1.807, 2.05) is 69.3 Å². The van der Waals surface area contributed by atoms with Crippen LogP contribution in [0.2, 0.25) is 0 Å². The van der Waals surface area contributed by atoms with E-state index in [2.05, 4.69) is 14.5 Å². The molecule has 0 aliphatic carbocycles. The summed E-state index contributed by atoms with van der Waals surface area (Å²) >= 11 is 0. The standard InChI is InChI=1S/C24H26N4O3/c1-15-26-21-22(28(15)12-18-14-30-24(2,3)31-18)19-10-9-17(11-20(19)27-23(21)25)29-13-16-7-5-4-6-8-16/h4-11,18H,12-14H2,1-3H3,(H2,25,27). The lowest BCUT2D eigenvalue weighted by Gasteiger charge is -2.18. The number of anilines is 1. The maximum atomic E-state index is 6.29. The zero-order valence-corrected chi connectivity index (χ0v) is 18.0. The van der Waals surface area contributed by atoms with E-state index in [4.69, 9.17) is 19.9 Å². The Morgan fingerprint density at radius 3 is 2.71 bits per heavy atom. The quantitative estimate of drug-likeness (QED) is 0.523. The fourth-order valence-corrected chi connectivity index (χ4v) is 4.11. The van der Waals surface area contributed by atoms with Crippen LogP contribution in [0.5, 0.6) is 5.75 Å². The van der Waals surface area contributed by atoms with E-state index in [0.29, 0.717) is 31.1 Å². The molecule has 3 heterocycles. The highest BCUT2D eigenvalue weighted by molar-refractivity contribution is 6.06. The summed E-state index contributed by atoms with van der Waals surface area (Å²) in [6.45, 7) is 7.51. The molecule has 5 rings (SSSR count). The van der Waals surface area contributed by atoms with Crippen LogP contribution < -0.4 is 10.5 Å².